The summed E-state index contributed by atoms with van der Waals surface area (Å²) in [5.74, 6) is 0.158. The van der Waals surface area contributed by atoms with Gasteiger partial charge in [-0.05, 0) is 18.2 Å². The van der Waals surface area contributed by atoms with Crippen LogP contribution in [0.5, 0.6) is 0 Å². The van der Waals surface area contributed by atoms with Crippen LogP contribution in [0.1, 0.15) is 0 Å². The van der Waals surface area contributed by atoms with Crippen molar-refractivity contribution in [2.75, 3.05) is 30.5 Å². The zero-order valence-electron chi connectivity index (χ0n) is 11.0. The molecule has 0 fully saturated rings. The molecule has 3 N–H and O–H groups in total. The monoisotopic (exact) mass is 340 g/mol. The second kappa shape index (κ2) is 6.20. The second-order valence-corrected chi connectivity index (χ2v) is 9.45. The van der Waals surface area contributed by atoms with Crippen molar-refractivity contribution in [2.24, 2.45) is 0 Å². The van der Waals surface area contributed by atoms with Crippen LogP contribution < -0.4 is 10.5 Å². The molecule has 0 radical (unpaired) electrons. The standard InChI is InChI=1S/C10H16N2O5S3/c1-18(13)6-5-12-20(16,17)10-7-8(19(2,14)15)3-4-9(10)11/h3-4,7,12H,5-6,11H2,1-2H3. The quantitative estimate of drug-likeness (QED) is 0.662. The first kappa shape index (κ1) is 17.1. The molecule has 20 heavy (non-hydrogen) atoms. The molecule has 1 aromatic rings. The number of nitrogens with two attached hydrogens (primary N) is 1. The first-order chi connectivity index (χ1) is 9.04. The number of hydrogen-bond acceptors (Lipinski definition) is 6. The Morgan fingerprint density at radius 3 is 2.35 bits per heavy atom. The molecular formula is C10H16N2O5S3. The minimum atomic E-state index is -3.94. The van der Waals surface area contributed by atoms with E-state index in [9.17, 15) is 21.0 Å². The lowest BCUT2D eigenvalue weighted by Crippen LogP contribution is -2.28. The second-order valence-electron chi connectivity index (χ2n) is 4.15. The minimum absolute atomic E-state index is 0.0199. The molecule has 0 aliphatic rings. The van der Waals surface area contributed by atoms with E-state index in [1.165, 1.54) is 18.4 Å². The van der Waals surface area contributed by atoms with Crippen LogP contribution in [0.4, 0.5) is 5.69 Å². The Balaban J connectivity index is 3.15. The topological polar surface area (TPSA) is 123 Å². The largest absolute Gasteiger partial charge is 0.398 e. The molecule has 0 saturated carbocycles. The molecule has 0 bridgehead atoms. The van der Waals surface area contributed by atoms with Crippen molar-refractivity contribution in [3.8, 4) is 0 Å². The van der Waals surface area contributed by atoms with Crippen LogP contribution in [-0.4, -0.2) is 45.9 Å². The van der Waals surface area contributed by atoms with Gasteiger partial charge in [0.1, 0.15) is 4.90 Å². The average Bonchev–Trinajstić information content (AvgIpc) is 2.26. The van der Waals surface area contributed by atoms with Gasteiger partial charge in [0.05, 0.1) is 10.6 Å². The molecule has 0 aliphatic carbocycles. The maximum Gasteiger partial charge on any atom is 0.242 e. The van der Waals surface area contributed by atoms with E-state index in [2.05, 4.69) is 4.72 Å². The summed E-state index contributed by atoms with van der Waals surface area (Å²) in [5.41, 5.74) is 5.52. The molecule has 0 saturated heterocycles. The summed E-state index contributed by atoms with van der Waals surface area (Å²) in [6, 6.07) is 3.48. The predicted octanol–water partition coefficient (Wildman–Crippen LogP) is -0.671. The van der Waals surface area contributed by atoms with Gasteiger partial charge in [0.15, 0.2) is 9.84 Å². The van der Waals surface area contributed by atoms with E-state index in [4.69, 9.17) is 5.73 Å². The molecule has 7 nitrogen and oxygen atoms in total. The molecule has 0 aromatic heterocycles. The summed E-state index contributed by atoms with van der Waals surface area (Å²) in [6.45, 7) is -0.0199. The van der Waals surface area contributed by atoms with Crippen molar-refractivity contribution in [3.05, 3.63) is 18.2 Å². The van der Waals surface area contributed by atoms with Gasteiger partial charge in [-0.2, -0.15) is 0 Å². The molecule has 0 amide bonds. The molecule has 1 unspecified atom stereocenters. The fraction of sp³-hybridized carbons (Fsp3) is 0.400. The Bertz CT molecular complexity index is 725. The van der Waals surface area contributed by atoms with Gasteiger partial charge in [-0.25, -0.2) is 21.6 Å². The van der Waals surface area contributed by atoms with Crippen LogP contribution in [0.3, 0.4) is 0 Å². The SMILES string of the molecule is CS(=O)CCNS(=O)(=O)c1cc(S(C)(=O)=O)ccc1N. The van der Waals surface area contributed by atoms with E-state index < -0.39 is 30.7 Å². The van der Waals surface area contributed by atoms with E-state index in [0.29, 0.717) is 0 Å². The third-order valence-electron chi connectivity index (χ3n) is 2.38. The number of hydrogen-bond donors (Lipinski definition) is 2. The summed E-state index contributed by atoms with van der Waals surface area (Å²) in [7, 11) is -8.61. The van der Waals surface area contributed by atoms with Crippen molar-refractivity contribution in [1.29, 1.82) is 0 Å². The van der Waals surface area contributed by atoms with Crippen molar-refractivity contribution in [3.63, 3.8) is 0 Å². The number of nitrogens with one attached hydrogen (secondary N) is 1. The first-order valence-corrected chi connectivity index (χ1v) is 10.5. The Morgan fingerprint density at radius 1 is 1.25 bits per heavy atom. The number of anilines is 1. The Morgan fingerprint density at radius 2 is 1.85 bits per heavy atom. The van der Waals surface area contributed by atoms with Crippen molar-refractivity contribution >= 4 is 36.3 Å². The number of nitrogen functional groups attached to an aromatic ring is 1. The van der Waals surface area contributed by atoms with Gasteiger partial charge in [-0.1, -0.05) is 0 Å². The molecule has 1 aromatic carbocycles. The molecule has 0 spiro atoms. The Labute approximate surface area is 121 Å². The van der Waals surface area contributed by atoms with Gasteiger partial charge in [0.25, 0.3) is 0 Å². The van der Waals surface area contributed by atoms with Crippen LogP contribution in [0.25, 0.3) is 0 Å². The van der Waals surface area contributed by atoms with Crippen LogP contribution >= 0.6 is 0 Å². The van der Waals surface area contributed by atoms with Gasteiger partial charge in [0.2, 0.25) is 10.0 Å². The fourth-order valence-electron chi connectivity index (χ4n) is 1.38. The summed E-state index contributed by atoms with van der Waals surface area (Å²) < 4.78 is 60.0. The van der Waals surface area contributed by atoms with Gasteiger partial charge in [-0.3, -0.25) is 4.21 Å². The zero-order chi connectivity index (χ0) is 15.6. The van der Waals surface area contributed by atoms with E-state index in [0.717, 1.165) is 12.3 Å². The number of sulfonamides is 1. The molecule has 114 valence electrons. The summed E-state index contributed by atoms with van der Waals surface area (Å²) in [4.78, 5) is -0.437. The smallest absolute Gasteiger partial charge is 0.242 e. The lowest BCUT2D eigenvalue weighted by Gasteiger charge is -2.10. The lowest BCUT2D eigenvalue weighted by molar-refractivity contribution is 0.584. The normalized spacial score (nSPS) is 14.1. The highest BCUT2D eigenvalue weighted by atomic mass is 32.2. The molecule has 10 heteroatoms. The first-order valence-electron chi connectivity index (χ1n) is 5.43. The average molecular weight is 340 g/mol. The Kier molecular flexibility index (Phi) is 5.30. The molecule has 0 aliphatic heterocycles. The van der Waals surface area contributed by atoms with Crippen molar-refractivity contribution in [2.45, 2.75) is 9.79 Å². The third-order valence-corrected chi connectivity index (χ3v) is 5.79. The van der Waals surface area contributed by atoms with E-state index in [1.807, 2.05) is 0 Å². The third kappa shape index (κ3) is 4.54. The zero-order valence-corrected chi connectivity index (χ0v) is 13.4. The van der Waals surface area contributed by atoms with Crippen LogP contribution in [0.15, 0.2) is 28.0 Å². The summed E-state index contributed by atoms with van der Waals surface area (Å²) in [5, 5.41) is 0. The van der Waals surface area contributed by atoms with Gasteiger partial charge in [0, 0.05) is 35.6 Å². The maximum absolute atomic E-state index is 12.0. The van der Waals surface area contributed by atoms with Crippen molar-refractivity contribution < 1.29 is 21.0 Å². The number of sulfone groups is 1. The highest BCUT2D eigenvalue weighted by Gasteiger charge is 2.20. The molecule has 1 rings (SSSR count). The summed E-state index contributed by atoms with van der Waals surface area (Å²) >= 11 is 0. The van der Waals surface area contributed by atoms with Gasteiger partial charge >= 0.3 is 0 Å². The van der Waals surface area contributed by atoms with Gasteiger partial charge < -0.3 is 5.73 Å². The van der Waals surface area contributed by atoms with Crippen molar-refractivity contribution in [1.82, 2.24) is 4.72 Å². The Hall–Kier alpha value is -0.970. The van der Waals surface area contributed by atoms with Crippen LogP contribution in [-0.2, 0) is 30.7 Å². The predicted molar refractivity (Wildman–Crippen MR) is 78.1 cm³/mol. The van der Waals surface area contributed by atoms with Crippen LogP contribution in [0, 0.1) is 0 Å². The van der Waals surface area contributed by atoms with Gasteiger partial charge in [-0.15, -0.1) is 0 Å². The molecular weight excluding hydrogens is 324 g/mol. The van der Waals surface area contributed by atoms with Crippen LogP contribution in [0.2, 0.25) is 0 Å². The van der Waals surface area contributed by atoms with E-state index in [1.54, 1.807) is 0 Å². The lowest BCUT2D eigenvalue weighted by atomic mass is 10.3. The number of benzene rings is 1. The fourth-order valence-corrected chi connectivity index (χ4v) is 3.80. The molecule has 1 atom stereocenters. The van der Waals surface area contributed by atoms with E-state index >= 15 is 0 Å². The molecule has 0 heterocycles. The highest BCUT2D eigenvalue weighted by molar-refractivity contribution is 7.91. The number of rotatable bonds is 6. The van der Waals surface area contributed by atoms with E-state index in [-0.39, 0.29) is 27.8 Å². The summed E-state index contributed by atoms with van der Waals surface area (Å²) in [6.07, 6.45) is 2.43. The maximum atomic E-state index is 12.0. The minimum Gasteiger partial charge on any atom is -0.398 e. The highest BCUT2D eigenvalue weighted by Crippen LogP contribution is 2.22.